The highest BCUT2D eigenvalue weighted by Crippen LogP contribution is 2.33. The van der Waals surface area contributed by atoms with E-state index in [1.54, 1.807) is 0 Å². The number of alkyl halides is 3. The van der Waals surface area contributed by atoms with E-state index in [0.717, 1.165) is 6.07 Å². The molecule has 0 aliphatic rings. The third-order valence-electron chi connectivity index (χ3n) is 2.98. The number of rotatable bonds is 5. The molecule has 0 radical (unpaired) electrons. The van der Waals surface area contributed by atoms with E-state index in [9.17, 15) is 18.3 Å². The number of hydrogen-bond acceptors (Lipinski definition) is 3. The molecule has 0 spiro atoms. The second-order valence-corrected chi connectivity index (χ2v) is 4.75. The first kappa shape index (κ1) is 15.8. The molecule has 0 aliphatic heterocycles. The Morgan fingerprint density at radius 1 is 1.32 bits per heavy atom. The van der Waals surface area contributed by atoms with Crippen LogP contribution in [0.1, 0.15) is 25.0 Å². The first-order valence-corrected chi connectivity index (χ1v) is 6.07. The zero-order valence-corrected chi connectivity index (χ0v) is 11.0. The van der Waals surface area contributed by atoms with Crippen LogP contribution >= 0.6 is 0 Å². The van der Waals surface area contributed by atoms with Crippen LogP contribution in [0.4, 0.5) is 18.9 Å². The quantitative estimate of drug-likeness (QED) is 0.774. The first-order chi connectivity index (χ1) is 8.79. The Balaban J connectivity index is 3.00. The number of benzene rings is 1. The Morgan fingerprint density at radius 2 is 1.95 bits per heavy atom. The van der Waals surface area contributed by atoms with Gasteiger partial charge in [-0.2, -0.15) is 13.2 Å². The molecule has 1 unspecified atom stereocenters. The van der Waals surface area contributed by atoms with Crippen LogP contribution in [0, 0.1) is 5.92 Å². The van der Waals surface area contributed by atoms with E-state index < -0.39 is 11.7 Å². The van der Waals surface area contributed by atoms with Gasteiger partial charge in [0.2, 0.25) is 0 Å². The van der Waals surface area contributed by atoms with E-state index in [1.165, 1.54) is 12.1 Å². The molecule has 4 N–H and O–H groups in total. The van der Waals surface area contributed by atoms with Gasteiger partial charge in [-0.05, 0) is 29.7 Å². The summed E-state index contributed by atoms with van der Waals surface area (Å²) in [6.07, 6.45) is -4.40. The normalized spacial score (nSPS) is 13.7. The van der Waals surface area contributed by atoms with Gasteiger partial charge in [0.15, 0.2) is 0 Å². The third kappa shape index (κ3) is 4.11. The van der Waals surface area contributed by atoms with Crippen molar-refractivity contribution < 1.29 is 18.3 Å². The minimum absolute atomic E-state index is 0.0398. The van der Waals surface area contributed by atoms with E-state index in [0.29, 0.717) is 5.69 Å². The van der Waals surface area contributed by atoms with Crippen LogP contribution in [0.25, 0.3) is 0 Å². The molecule has 1 rings (SSSR count). The van der Waals surface area contributed by atoms with Gasteiger partial charge in [0.1, 0.15) is 0 Å². The molecule has 0 amide bonds. The highest BCUT2D eigenvalue weighted by Gasteiger charge is 2.33. The molecule has 3 nitrogen and oxygen atoms in total. The average Bonchev–Trinajstić information content (AvgIpc) is 2.33. The van der Waals surface area contributed by atoms with E-state index in [-0.39, 0.29) is 30.7 Å². The molecule has 6 heteroatoms. The topological polar surface area (TPSA) is 58.3 Å². The summed E-state index contributed by atoms with van der Waals surface area (Å²) < 4.78 is 38.1. The summed E-state index contributed by atoms with van der Waals surface area (Å²) >= 11 is 0. The van der Waals surface area contributed by atoms with Crippen LogP contribution in [-0.4, -0.2) is 17.8 Å². The lowest BCUT2D eigenvalue weighted by Gasteiger charge is -2.22. The number of anilines is 1. The molecule has 0 bridgehead atoms. The van der Waals surface area contributed by atoms with Crippen molar-refractivity contribution in [2.24, 2.45) is 11.7 Å². The van der Waals surface area contributed by atoms with Gasteiger partial charge < -0.3 is 16.2 Å². The zero-order valence-electron chi connectivity index (χ0n) is 11.0. The molecule has 0 fully saturated rings. The molecule has 1 aromatic carbocycles. The van der Waals surface area contributed by atoms with Crippen LogP contribution < -0.4 is 11.1 Å². The summed E-state index contributed by atoms with van der Waals surface area (Å²) in [6, 6.07) is 3.54. The molecule has 0 heterocycles. The summed E-state index contributed by atoms with van der Waals surface area (Å²) in [5.74, 6) is 0.161. The second-order valence-electron chi connectivity index (χ2n) is 4.75. The van der Waals surface area contributed by atoms with Gasteiger partial charge >= 0.3 is 6.18 Å². The Hall–Kier alpha value is -1.27. The largest absolute Gasteiger partial charge is 0.416 e. The van der Waals surface area contributed by atoms with E-state index in [1.807, 2.05) is 13.8 Å². The van der Waals surface area contributed by atoms with Crippen molar-refractivity contribution in [2.45, 2.75) is 32.6 Å². The molecule has 0 aliphatic carbocycles. The van der Waals surface area contributed by atoms with E-state index in [4.69, 9.17) is 5.73 Å². The molecular formula is C13H19F3N2O. The lowest BCUT2D eigenvalue weighted by Crippen LogP contribution is -2.29. The second kappa shape index (κ2) is 6.25. The lowest BCUT2D eigenvalue weighted by atomic mass is 10.0. The zero-order chi connectivity index (χ0) is 14.6. The molecule has 0 aromatic heterocycles. The maximum atomic E-state index is 12.7. The number of halogens is 3. The monoisotopic (exact) mass is 276 g/mol. The van der Waals surface area contributed by atoms with Gasteiger partial charge in [-0.15, -0.1) is 0 Å². The van der Waals surface area contributed by atoms with Crippen LogP contribution in [0.15, 0.2) is 18.2 Å². The van der Waals surface area contributed by atoms with E-state index in [2.05, 4.69) is 5.32 Å². The van der Waals surface area contributed by atoms with Gasteiger partial charge in [0, 0.05) is 12.2 Å². The summed E-state index contributed by atoms with van der Waals surface area (Å²) in [4.78, 5) is 0. The summed E-state index contributed by atoms with van der Waals surface area (Å²) in [5.41, 5.74) is 5.21. The smallest absolute Gasteiger partial charge is 0.394 e. The molecule has 19 heavy (non-hydrogen) atoms. The molecule has 1 aromatic rings. The van der Waals surface area contributed by atoms with Crippen molar-refractivity contribution in [3.63, 3.8) is 0 Å². The Labute approximate surface area is 110 Å². The van der Waals surface area contributed by atoms with Crippen molar-refractivity contribution in [1.82, 2.24) is 0 Å². The average molecular weight is 276 g/mol. The summed E-state index contributed by atoms with van der Waals surface area (Å²) in [7, 11) is 0. The number of aliphatic hydroxyl groups excluding tert-OH is 1. The highest BCUT2D eigenvalue weighted by atomic mass is 19.4. The summed E-state index contributed by atoms with van der Waals surface area (Å²) in [5, 5.41) is 12.2. The van der Waals surface area contributed by atoms with Crippen molar-refractivity contribution in [1.29, 1.82) is 0 Å². The van der Waals surface area contributed by atoms with Crippen LogP contribution in [-0.2, 0) is 12.7 Å². The standard InChI is InChI=1S/C13H19F3N2O/c1-8(2)12(7-19)18-10-3-4-11(13(14,15)16)9(5-10)6-17/h3-5,8,12,18-19H,6-7,17H2,1-2H3. The number of nitrogens with one attached hydrogen (secondary N) is 1. The lowest BCUT2D eigenvalue weighted by molar-refractivity contribution is -0.138. The SMILES string of the molecule is CC(C)C(CO)Nc1ccc(C(F)(F)F)c(CN)c1. The van der Waals surface area contributed by atoms with E-state index >= 15 is 0 Å². The van der Waals surface area contributed by atoms with Gasteiger partial charge in [-0.25, -0.2) is 0 Å². The maximum Gasteiger partial charge on any atom is 0.416 e. The predicted molar refractivity (Wildman–Crippen MR) is 68.7 cm³/mol. The molecule has 0 saturated carbocycles. The van der Waals surface area contributed by atoms with Gasteiger partial charge in [-0.3, -0.25) is 0 Å². The number of nitrogens with two attached hydrogens (primary N) is 1. The first-order valence-electron chi connectivity index (χ1n) is 6.07. The van der Waals surface area contributed by atoms with Crippen molar-refractivity contribution in [3.8, 4) is 0 Å². The van der Waals surface area contributed by atoms with Crippen molar-refractivity contribution >= 4 is 5.69 Å². The molecule has 1 atom stereocenters. The minimum atomic E-state index is -4.40. The van der Waals surface area contributed by atoms with Crippen molar-refractivity contribution in [3.05, 3.63) is 29.3 Å². The van der Waals surface area contributed by atoms with Crippen LogP contribution in [0.5, 0.6) is 0 Å². The minimum Gasteiger partial charge on any atom is -0.394 e. The molecular weight excluding hydrogens is 257 g/mol. The fourth-order valence-electron chi connectivity index (χ4n) is 1.77. The maximum absolute atomic E-state index is 12.7. The van der Waals surface area contributed by atoms with Crippen molar-refractivity contribution in [2.75, 3.05) is 11.9 Å². The van der Waals surface area contributed by atoms with Gasteiger partial charge in [0.25, 0.3) is 0 Å². The fourth-order valence-corrected chi connectivity index (χ4v) is 1.77. The summed E-state index contributed by atoms with van der Waals surface area (Å²) in [6.45, 7) is 3.57. The van der Waals surface area contributed by atoms with Gasteiger partial charge in [-0.1, -0.05) is 13.8 Å². The van der Waals surface area contributed by atoms with Crippen LogP contribution in [0.3, 0.4) is 0 Å². The Kier molecular flexibility index (Phi) is 5.20. The third-order valence-corrected chi connectivity index (χ3v) is 2.98. The van der Waals surface area contributed by atoms with Crippen LogP contribution in [0.2, 0.25) is 0 Å². The number of aliphatic hydroxyl groups is 1. The predicted octanol–water partition coefficient (Wildman–Crippen LogP) is 2.59. The fraction of sp³-hybridized carbons (Fsp3) is 0.538. The van der Waals surface area contributed by atoms with Gasteiger partial charge in [0.05, 0.1) is 18.2 Å². The Bertz CT molecular complexity index is 419. The molecule has 0 saturated heterocycles. The molecule has 108 valence electrons. The number of hydrogen-bond donors (Lipinski definition) is 3. The Morgan fingerprint density at radius 3 is 2.37 bits per heavy atom. The highest BCUT2D eigenvalue weighted by molar-refractivity contribution is 5.50.